The van der Waals surface area contributed by atoms with Gasteiger partial charge in [0, 0.05) is 0 Å². The number of carbonyl (C=O) groups is 1. The Hall–Kier alpha value is -2.27. The molecule has 0 aliphatic carbocycles. The summed E-state index contributed by atoms with van der Waals surface area (Å²) in [4.78, 5) is 12.1. The lowest BCUT2D eigenvalue weighted by Crippen LogP contribution is -2.47. The van der Waals surface area contributed by atoms with Crippen molar-refractivity contribution >= 4 is 5.91 Å². The third-order valence-electron chi connectivity index (χ3n) is 2.87. The lowest BCUT2D eigenvalue weighted by Gasteiger charge is -2.26. The van der Waals surface area contributed by atoms with Gasteiger partial charge in [0.1, 0.15) is 0 Å². The zero-order chi connectivity index (χ0) is 15.1. The van der Waals surface area contributed by atoms with Gasteiger partial charge >= 0.3 is 0 Å². The maximum absolute atomic E-state index is 12.1. The van der Waals surface area contributed by atoms with Crippen molar-refractivity contribution in [1.29, 1.82) is 0 Å². The molecular formula is C16H19N3O2. The van der Waals surface area contributed by atoms with Gasteiger partial charge in [-0.1, -0.05) is 30.3 Å². The predicted molar refractivity (Wildman–Crippen MR) is 79.7 cm³/mol. The third-order valence-corrected chi connectivity index (χ3v) is 2.87. The fraction of sp³-hybridized carbons (Fsp3) is 0.312. The number of benzene rings is 1. The maximum Gasteiger partial charge on any atom is 0.253 e. The van der Waals surface area contributed by atoms with E-state index in [2.05, 4.69) is 15.5 Å². The van der Waals surface area contributed by atoms with E-state index in [4.69, 9.17) is 4.74 Å². The second-order valence-corrected chi connectivity index (χ2v) is 5.45. The molecule has 0 atom stereocenters. The Balaban J connectivity index is 1.83. The Bertz CT molecular complexity index is 571. The van der Waals surface area contributed by atoms with E-state index in [0.29, 0.717) is 18.8 Å². The minimum Gasteiger partial charge on any atom is -0.374 e. The standard InChI is InChI=1S/C16H19N3O2/c1-16(2,12-21-11-13-6-4-3-5-7-13)19-15(20)14-8-9-17-18-10-14/h3-10H,11-12H2,1-2H3,(H,19,20). The molecule has 1 heterocycles. The van der Waals surface area contributed by atoms with E-state index in [9.17, 15) is 4.79 Å². The molecular weight excluding hydrogens is 266 g/mol. The summed E-state index contributed by atoms with van der Waals surface area (Å²) >= 11 is 0. The van der Waals surface area contributed by atoms with Gasteiger partial charge in [0.25, 0.3) is 5.91 Å². The molecule has 0 aliphatic heterocycles. The molecule has 110 valence electrons. The van der Waals surface area contributed by atoms with Gasteiger partial charge in [0.05, 0.1) is 36.7 Å². The smallest absolute Gasteiger partial charge is 0.253 e. The summed E-state index contributed by atoms with van der Waals surface area (Å²) in [6.07, 6.45) is 2.93. The normalized spacial score (nSPS) is 11.1. The summed E-state index contributed by atoms with van der Waals surface area (Å²) in [5, 5.41) is 10.3. The highest BCUT2D eigenvalue weighted by molar-refractivity contribution is 5.94. The highest BCUT2D eigenvalue weighted by atomic mass is 16.5. The number of amides is 1. The average molecular weight is 285 g/mol. The molecule has 0 bridgehead atoms. The lowest BCUT2D eigenvalue weighted by atomic mass is 10.1. The highest BCUT2D eigenvalue weighted by Gasteiger charge is 2.21. The number of aromatic nitrogens is 2. The van der Waals surface area contributed by atoms with Crippen molar-refractivity contribution in [2.24, 2.45) is 0 Å². The molecule has 0 spiro atoms. The van der Waals surface area contributed by atoms with Crippen LogP contribution in [0.2, 0.25) is 0 Å². The molecule has 0 saturated heterocycles. The van der Waals surface area contributed by atoms with Crippen LogP contribution >= 0.6 is 0 Å². The molecule has 0 saturated carbocycles. The first-order chi connectivity index (χ1) is 10.1. The molecule has 0 fully saturated rings. The van der Waals surface area contributed by atoms with Crippen LogP contribution in [-0.4, -0.2) is 28.3 Å². The van der Waals surface area contributed by atoms with Gasteiger partial charge in [-0.15, -0.1) is 0 Å². The summed E-state index contributed by atoms with van der Waals surface area (Å²) in [7, 11) is 0. The lowest BCUT2D eigenvalue weighted by molar-refractivity contribution is 0.0616. The van der Waals surface area contributed by atoms with Crippen molar-refractivity contribution in [3.05, 3.63) is 59.9 Å². The van der Waals surface area contributed by atoms with Crippen LogP contribution in [0.25, 0.3) is 0 Å². The molecule has 2 rings (SSSR count). The van der Waals surface area contributed by atoms with Crippen LogP contribution in [0.3, 0.4) is 0 Å². The van der Waals surface area contributed by atoms with Crippen LogP contribution < -0.4 is 5.32 Å². The van der Waals surface area contributed by atoms with Crippen LogP contribution in [0.15, 0.2) is 48.8 Å². The number of rotatable bonds is 6. The Morgan fingerprint density at radius 1 is 1.19 bits per heavy atom. The molecule has 1 aromatic carbocycles. The van der Waals surface area contributed by atoms with E-state index in [1.807, 2.05) is 44.2 Å². The number of ether oxygens (including phenoxy) is 1. The van der Waals surface area contributed by atoms with Crippen molar-refractivity contribution in [3.8, 4) is 0 Å². The van der Waals surface area contributed by atoms with E-state index in [-0.39, 0.29) is 5.91 Å². The number of hydrogen-bond donors (Lipinski definition) is 1. The average Bonchev–Trinajstić information content (AvgIpc) is 2.48. The SMILES string of the molecule is CC(C)(COCc1ccccc1)NC(=O)c1ccnnc1. The van der Waals surface area contributed by atoms with Gasteiger partial charge in [-0.05, 0) is 25.5 Å². The molecule has 0 unspecified atom stereocenters. The van der Waals surface area contributed by atoms with Gasteiger partial charge in [-0.3, -0.25) is 4.79 Å². The van der Waals surface area contributed by atoms with Crippen LogP contribution in [-0.2, 0) is 11.3 Å². The molecule has 5 heteroatoms. The molecule has 5 nitrogen and oxygen atoms in total. The van der Waals surface area contributed by atoms with Crippen LogP contribution in [0.4, 0.5) is 0 Å². The minimum atomic E-state index is -0.463. The monoisotopic (exact) mass is 285 g/mol. The van der Waals surface area contributed by atoms with Gasteiger partial charge in [0.15, 0.2) is 0 Å². The van der Waals surface area contributed by atoms with E-state index in [1.54, 1.807) is 6.07 Å². The number of nitrogens with zero attached hydrogens (tertiary/aromatic N) is 2. The van der Waals surface area contributed by atoms with Gasteiger partial charge < -0.3 is 10.1 Å². The Labute approximate surface area is 124 Å². The molecule has 1 amide bonds. The third kappa shape index (κ3) is 4.96. The molecule has 2 aromatic rings. The first-order valence-corrected chi connectivity index (χ1v) is 6.78. The first-order valence-electron chi connectivity index (χ1n) is 6.78. The van der Waals surface area contributed by atoms with Crippen molar-refractivity contribution in [2.45, 2.75) is 26.0 Å². The molecule has 21 heavy (non-hydrogen) atoms. The topological polar surface area (TPSA) is 64.1 Å². The van der Waals surface area contributed by atoms with Crippen LogP contribution in [0, 0.1) is 0 Å². The largest absolute Gasteiger partial charge is 0.374 e. The van der Waals surface area contributed by atoms with E-state index in [1.165, 1.54) is 12.4 Å². The first kappa shape index (κ1) is 15.1. The van der Waals surface area contributed by atoms with Crippen LogP contribution in [0.5, 0.6) is 0 Å². The van der Waals surface area contributed by atoms with Gasteiger partial charge in [0.2, 0.25) is 0 Å². The molecule has 0 radical (unpaired) electrons. The van der Waals surface area contributed by atoms with Crippen molar-refractivity contribution in [3.63, 3.8) is 0 Å². The Morgan fingerprint density at radius 3 is 2.62 bits per heavy atom. The number of nitrogens with one attached hydrogen (secondary N) is 1. The minimum absolute atomic E-state index is 0.182. The zero-order valence-electron chi connectivity index (χ0n) is 12.2. The van der Waals surface area contributed by atoms with Crippen LogP contribution in [0.1, 0.15) is 29.8 Å². The number of hydrogen-bond acceptors (Lipinski definition) is 4. The maximum atomic E-state index is 12.1. The zero-order valence-corrected chi connectivity index (χ0v) is 12.2. The van der Waals surface area contributed by atoms with Crippen molar-refractivity contribution < 1.29 is 9.53 Å². The fourth-order valence-corrected chi connectivity index (χ4v) is 1.84. The quantitative estimate of drug-likeness (QED) is 0.883. The van der Waals surface area contributed by atoms with E-state index >= 15 is 0 Å². The molecule has 0 aliphatic rings. The van der Waals surface area contributed by atoms with Gasteiger partial charge in [-0.25, -0.2) is 0 Å². The summed E-state index contributed by atoms with van der Waals surface area (Å²) in [5.41, 5.74) is 1.13. The fourth-order valence-electron chi connectivity index (χ4n) is 1.84. The Morgan fingerprint density at radius 2 is 1.95 bits per heavy atom. The van der Waals surface area contributed by atoms with E-state index < -0.39 is 5.54 Å². The number of carbonyl (C=O) groups excluding carboxylic acids is 1. The Kier molecular flexibility index (Phi) is 5.00. The predicted octanol–water partition coefficient (Wildman–Crippen LogP) is 2.20. The molecule has 1 N–H and O–H groups in total. The van der Waals surface area contributed by atoms with Crippen molar-refractivity contribution in [2.75, 3.05) is 6.61 Å². The summed E-state index contributed by atoms with van der Waals surface area (Å²) < 4.78 is 5.68. The highest BCUT2D eigenvalue weighted by Crippen LogP contribution is 2.08. The second kappa shape index (κ2) is 6.95. The van der Waals surface area contributed by atoms with Crippen molar-refractivity contribution in [1.82, 2.24) is 15.5 Å². The summed E-state index contributed by atoms with van der Waals surface area (Å²) in [5.74, 6) is -0.182. The second-order valence-electron chi connectivity index (χ2n) is 5.45. The summed E-state index contributed by atoms with van der Waals surface area (Å²) in [6.45, 7) is 4.79. The van der Waals surface area contributed by atoms with E-state index in [0.717, 1.165) is 5.56 Å². The molecule has 1 aromatic heterocycles. The summed E-state index contributed by atoms with van der Waals surface area (Å²) in [6, 6.07) is 11.6. The van der Waals surface area contributed by atoms with Gasteiger partial charge in [-0.2, -0.15) is 10.2 Å².